The van der Waals surface area contributed by atoms with E-state index < -0.39 is 0 Å². The second kappa shape index (κ2) is 13.3. The summed E-state index contributed by atoms with van der Waals surface area (Å²) in [5, 5.41) is 29.5. The van der Waals surface area contributed by atoms with Crippen LogP contribution in [0.15, 0.2) is 36.4 Å². The Morgan fingerprint density at radius 2 is 1.56 bits per heavy atom. The van der Waals surface area contributed by atoms with E-state index in [0.29, 0.717) is 11.8 Å². The maximum atomic E-state index is 10.2. The van der Waals surface area contributed by atoms with Crippen LogP contribution < -0.4 is 0 Å². The summed E-state index contributed by atoms with van der Waals surface area (Å²) in [5.74, 6) is 0.435. The topological polar surface area (TPSA) is 70.4 Å². The molecule has 3 N–H and O–H groups in total. The van der Waals surface area contributed by atoms with Crippen molar-refractivity contribution in [1.29, 1.82) is 0 Å². The molecule has 0 spiro atoms. The number of fused-ring (bicyclic) bond motifs is 1. The fourth-order valence-electron chi connectivity index (χ4n) is 5.91. The minimum Gasteiger partial charge on any atom is -0.508 e. The standard InChI is InChI=1S/C30H45N3O3/c1-2-15-33(26-10-13-28-25(22-26)9-14-29(35)30(28)36)17-6-4-3-5-16-31-18-20-32(21-19-31)23-24-7-11-27(34)12-8-24/h7-9,11-12,14,26,34-36H,2-6,10,13,15-23H2,1H3/t26-/m0/s1. The van der Waals surface area contributed by atoms with E-state index in [0.717, 1.165) is 70.6 Å². The van der Waals surface area contributed by atoms with Crippen molar-refractivity contribution in [2.75, 3.05) is 45.8 Å². The summed E-state index contributed by atoms with van der Waals surface area (Å²) in [4.78, 5) is 7.79. The molecule has 1 aliphatic heterocycles. The van der Waals surface area contributed by atoms with Crippen molar-refractivity contribution in [3.05, 3.63) is 53.1 Å². The third kappa shape index (κ3) is 7.37. The quantitative estimate of drug-likeness (QED) is 0.292. The van der Waals surface area contributed by atoms with Crippen LogP contribution in [-0.4, -0.2) is 81.9 Å². The highest BCUT2D eigenvalue weighted by molar-refractivity contribution is 5.50. The molecule has 1 aliphatic carbocycles. The van der Waals surface area contributed by atoms with Gasteiger partial charge in [0.25, 0.3) is 0 Å². The van der Waals surface area contributed by atoms with Gasteiger partial charge in [-0.2, -0.15) is 0 Å². The fourth-order valence-corrected chi connectivity index (χ4v) is 5.91. The molecular formula is C30H45N3O3. The Morgan fingerprint density at radius 1 is 0.833 bits per heavy atom. The molecule has 1 heterocycles. The molecule has 2 aromatic rings. The number of rotatable bonds is 12. The molecule has 4 rings (SSSR count). The van der Waals surface area contributed by atoms with E-state index in [4.69, 9.17) is 0 Å². The van der Waals surface area contributed by atoms with Crippen molar-refractivity contribution in [3.63, 3.8) is 0 Å². The first-order chi connectivity index (χ1) is 17.5. The van der Waals surface area contributed by atoms with Gasteiger partial charge < -0.3 is 25.1 Å². The summed E-state index contributed by atoms with van der Waals surface area (Å²) >= 11 is 0. The average molecular weight is 496 g/mol. The normalized spacial score (nSPS) is 19.0. The third-order valence-corrected chi connectivity index (χ3v) is 8.05. The minimum atomic E-state index is 0.00794. The molecule has 6 nitrogen and oxygen atoms in total. The van der Waals surface area contributed by atoms with Gasteiger partial charge in [-0.05, 0) is 87.5 Å². The lowest BCUT2D eigenvalue weighted by atomic mass is 9.86. The van der Waals surface area contributed by atoms with Gasteiger partial charge in [-0.3, -0.25) is 4.90 Å². The molecule has 0 radical (unpaired) electrons. The highest BCUT2D eigenvalue weighted by Gasteiger charge is 2.26. The summed E-state index contributed by atoms with van der Waals surface area (Å²) in [5.41, 5.74) is 3.42. The Balaban J connectivity index is 1.10. The Bertz CT molecular complexity index is 941. The maximum absolute atomic E-state index is 10.2. The van der Waals surface area contributed by atoms with Gasteiger partial charge in [-0.15, -0.1) is 0 Å². The van der Waals surface area contributed by atoms with Crippen LogP contribution in [0, 0.1) is 0 Å². The van der Waals surface area contributed by atoms with Crippen molar-refractivity contribution < 1.29 is 15.3 Å². The summed E-state index contributed by atoms with van der Waals surface area (Å²) in [6.07, 6.45) is 9.18. The summed E-state index contributed by atoms with van der Waals surface area (Å²) in [6.45, 7) is 11.3. The second-order valence-electron chi connectivity index (χ2n) is 10.7. The lowest BCUT2D eigenvalue weighted by Gasteiger charge is -2.35. The van der Waals surface area contributed by atoms with E-state index in [1.54, 1.807) is 18.2 Å². The van der Waals surface area contributed by atoms with Gasteiger partial charge in [0.2, 0.25) is 0 Å². The monoisotopic (exact) mass is 495 g/mol. The molecule has 0 saturated carbocycles. The molecule has 2 aliphatic rings. The predicted octanol–water partition coefficient (Wildman–Crippen LogP) is 4.75. The zero-order valence-corrected chi connectivity index (χ0v) is 22.0. The predicted molar refractivity (Wildman–Crippen MR) is 146 cm³/mol. The lowest BCUT2D eigenvalue weighted by Crippen LogP contribution is -2.46. The van der Waals surface area contributed by atoms with Crippen LogP contribution in [-0.2, 0) is 19.4 Å². The van der Waals surface area contributed by atoms with Crippen molar-refractivity contribution in [2.45, 2.75) is 70.9 Å². The number of hydrogen-bond acceptors (Lipinski definition) is 6. The van der Waals surface area contributed by atoms with Crippen LogP contribution in [0.25, 0.3) is 0 Å². The zero-order valence-electron chi connectivity index (χ0n) is 22.0. The number of benzene rings is 2. The van der Waals surface area contributed by atoms with Crippen molar-refractivity contribution in [2.24, 2.45) is 0 Å². The van der Waals surface area contributed by atoms with Crippen molar-refractivity contribution in [3.8, 4) is 17.2 Å². The number of aromatic hydroxyl groups is 3. The number of hydrogen-bond donors (Lipinski definition) is 3. The number of phenolic OH excluding ortho intramolecular Hbond substituents is 3. The van der Waals surface area contributed by atoms with Gasteiger partial charge in [0.15, 0.2) is 11.5 Å². The van der Waals surface area contributed by atoms with E-state index >= 15 is 0 Å². The van der Waals surface area contributed by atoms with Gasteiger partial charge in [0.1, 0.15) is 5.75 Å². The Morgan fingerprint density at radius 3 is 2.31 bits per heavy atom. The summed E-state index contributed by atoms with van der Waals surface area (Å²) in [6, 6.07) is 11.8. The molecule has 0 bridgehead atoms. The molecular weight excluding hydrogens is 450 g/mol. The van der Waals surface area contributed by atoms with Gasteiger partial charge in [-0.1, -0.05) is 38.0 Å². The highest BCUT2D eigenvalue weighted by atomic mass is 16.3. The van der Waals surface area contributed by atoms with Crippen molar-refractivity contribution in [1.82, 2.24) is 14.7 Å². The van der Waals surface area contributed by atoms with Gasteiger partial charge >= 0.3 is 0 Å². The second-order valence-corrected chi connectivity index (χ2v) is 10.7. The highest BCUT2D eigenvalue weighted by Crippen LogP contribution is 2.36. The molecule has 36 heavy (non-hydrogen) atoms. The SMILES string of the molecule is CCCN(CCCCCCN1CCN(Cc2ccc(O)cc2)CC1)[C@H]1CCc2c(ccc(O)c2O)C1. The summed E-state index contributed by atoms with van der Waals surface area (Å²) in [7, 11) is 0. The maximum Gasteiger partial charge on any atom is 0.160 e. The number of phenols is 3. The van der Waals surface area contributed by atoms with Crippen LogP contribution in [0.4, 0.5) is 0 Å². The number of unbranched alkanes of at least 4 members (excludes halogenated alkanes) is 3. The molecule has 1 atom stereocenters. The van der Waals surface area contributed by atoms with Gasteiger partial charge in [0, 0.05) is 44.3 Å². The Labute approximate surface area is 217 Å². The zero-order chi connectivity index (χ0) is 25.3. The van der Waals surface area contributed by atoms with Gasteiger partial charge in [0.05, 0.1) is 0 Å². The van der Waals surface area contributed by atoms with Gasteiger partial charge in [-0.25, -0.2) is 0 Å². The number of piperazine rings is 1. The first-order valence-corrected chi connectivity index (χ1v) is 14.0. The molecule has 1 saturated heterocycles. The average Bonchev–Trinajstić information content (AvgIpc) is 2.89. The van der Waals surface area contributed by atoms with E-state index in [-0.39, 0.29) is 11.5 Å². The first kappa shape index (κ1) is 26.8. The lowest BCUT2D eigenvalue weighted by molar-refractivity contribution is 0.125. The fraction of sp³-hybridized carbons (Fsp3) is 0.600. The van der Waals surface area contributed by atoms with Crippen molar-refractivity contribution >= 4 is 0 Å². The van der Waals surface area contributed by atoms with E-state index in [2.05, 4.69) is 21.6 Å². The van der Waals surface area contributed by atoms with Crippen LogP contribution >= 0.6 is 0 Å². The molecule has 2 aromatic carbocycles. The molecule has 0 unspecified atom stereocenters. The first-order valence-electron chi connectivity index (χ1n) is 14.0. The molecule has 0 amide bonds. The smallest absolute Gasteiger partial charge is 0.160 e. The van der Waals surface area contributed by atoms with E-state index in [1.807, 2.05) is 18.2 Å². The van der Waals surface area contributed by atoms with Crippen LogP contribution in [0.5, 0.6) is 17.2 Å². The molecule has 6 heteroatoms. The number of nitrogens with zero attached hydrogens (tertiary/aromatic N) is 3. The molecule has 1 fully saturated rings. The summed E-state index contributed by atoms with van der Waals surface area (Å²) < 4.78 is 0. The molecule has 0 aromatic heterocycles. The van der Waals surface area contributed by atoms with E-state index in [9.17, 15) is 15.3 Å². The molecule has 198 valence electrons. The minimum absolute atomic E-state index is 0.00794. The third-order valence-electron chi connectivity index (χ3n) is 8.05. The van der Waals surface area contributed by atoms with Crippen LogP contribution in [0.3, 0.4) is 0 Å². The largest absolute Gasteiger partial charge is 0.508 e. The van der Waals surface area contributed by atoms with E-state index in [1.165, 1.54) is 49.8 Å². The Hall–Kier alpha value is -2.28. The van der Waals surface area contributed by atoms with Crippen LogP contribution in [0.1, 0.15) is 62.1 Å². The Kier molecular flexibility index (Phi) is 9.90. The van der Waals surface area contributed by atoms with Crippen LogP contribution in [0.2, 0.25) is 0 Å².